The second kappa shape index (κ2) is 4.61. The van der Waals surface area contributed by atoms with E-state index in [-0.39, 0.29) is 5.78 Å². The summed E-state index contributed by atoms with van der Waals surface area (Å²) in [4.78, 5) is 16.4. The maximum atomic E-state index is 12.2. The highest BCUT2D eigenvalue weighted by molar-refractivity contribution is 5.85. The van der Waals surface area contributed by atoms with E-state index < -0.39 is 11.0 Å². The van der Waals surface area contributed by atoms with E-state index in [1.165, 1.54) is 0 Å². The molecule has 1 heterocycles. The van der Waals surface area contributed by atoms with Crippen molar-refractivity contribution in [3.63, 3.8) is 0 Å². The summed E-state index contributed by atoms with van der Waals surface area (Å²) >= 11 is 0. The molecule has 0 unspecified atom stereocenters. The molecule has 0 aromatic carbocycles. The number of hydrogen-bond donors (Lipinski definition) is 1. The van der Waals surface area contributed by atoms with Crippen molar-refractivity contribution in [1.29, 1.82) is 0 Å². The van der Waals surface area contributed by atoms with Crippen LogP contribution in [0.25, 0.3) is 0 Å². The number of aromatic nitrogens is 2. The highest BCUT2D eigenvalue weighted by atomic mass is 16.1. The molecule has 4 nitrogen and oxygen atoms in total. The van der Waals surface area contributed by atoms with E-state index in [9.17, 15) is 4.79 Å². The zero-order chi connectivity index (χ0) is 13.3. The molecule has 1 aromatic heterocycles. The van der Waals surface area contributed by atoms with Gasteiger partial charge in [0.1, 0.15) is 11.6 Å². The van der Waals surface area contributed by atoms with Crippen LogP contribution in [0, 0.1) is 5.41 Å². The summed E-state index contributed by atoms with van der Waals surface area (Å²) < 4.78 is 1.94. The maximum absolute atomic E-state index is 12.2. The predicted molar refractivity (Wildman–Crippen MR) is 68.6 cm³/mol. The highest BCUT2D eigenvalue weighted by Crippen LogP contribution is 2.30. The first kappa shape index (κ1) is 13.9. The summed E-state index contributed by atoms with van der Waals surface area (Å²) in [5.41, 5.74) is 5.03. The van der Waals surface area contributed by atoms with Crippen molar-refractivity contribution in [2.45, 2.75) is 46.1 Å². The number of carbonyl (C=O) groups is 1. The van der Waals surface area contributed by atoms with Gasteiger partial charge in [-0.15, -0.1) is 0 Å². The molecule has 0 aliphatic rings. The molecule has 0 saturated carbocycles. The second-order valence-corrected chi connectivity index (χ2v) is 5.72. The Morgan fingerprint density at radius 3 is 2.41 bits per heavy atom. The van der Waals surface area contributed by atoms with Crippen molar-refractivity contribution in [1.82, 2.24) is 9.55 Å². The van der Waals surface area contributed by atoms with E-state index in [4.69, 9.17) is 5.73 Å². The Morgan fingerprint density at radius 1 is 1.41 bits per heavy atom. The van der Waals surface area contributed by atoms with Crippen molar-refractivity contribution in [2.24, 2.45) is 18.2 Å². The SMILES string of the molecule is Cn1ccnc1CCC(=O)C(C)(C)C(C)(C)N. The number of Topliss-reactive ketones (excluding diaryl/α,β-unsaturated/α-hetero) is 1. The second-order valence-electron chi connectivity index (χ2n) is 5.72. The van der Waals surface area contributed by atoms with Gasteiger partial charge in [-0.1, -0.05) is 13.8 Å². The van der Waals surface area contributed by atoms with Crippen LogP contribution in [0.15, 0.2) is 12.4 Å². The van der Waals surface area contributed by atoms with Crippen LogP contribution in [0.1, 0.15) is 39.9 Å². The van der Waals surface area contributed by atoms with Crippen molar-refractivity contribution < 1.29 is 4.79 Å². The van der Waals surface area contributed by atoms with Gasteiger partial charge in [-0.3, -0.25) is 4.79 Å². The highest BCUT2D eigenvalue weighted by Gasteiger charge is 2.39. The number of aryl methyl sites for hydroxylation is 2. The van der Waals surface area contributed by atoms with E-state index in [1.807, 2.05) is 45.5 Å². The first-order chi connectivity index (χ1) is 7.66. The number of hydrogen-bond acceptors (Lipinski definition) is 3. The van der Waals surface area contributed by atoms with Crippen LogP contribution in [0.5, 0.6) is 0 Å². The van der Waals surface area contributed by atoms with Gasteiger partial charge in [-0.25, -0.2) is 4.98 Å². The third-order valence-electron chi connectivity index (χ3n) is 3.80. The van der Waals surface area contributed by atoms with E-state index >= 15 is 0 Å². The maximum Gasteiger partial charge on any atom is 0.140 e. The zero-order valence-corrected chi connectivity index (χ0v) is 11.4. The molecule has 0 aliphatic heterocycles. The van der Waals surface area contributed by atoms with Gasteiger partial charge in [0, 0.05) is 43.2 Å². The Labute approximate surface area is 103 Å². The molecule has 96 valence electrons. The minimum Gasteiger partial charge on any atom is -0.338 e. The Hall–Kier alpha value is -1.16. The van der Waals surface area contributed by atoms with Gasteiger partial charge in [-0.2, -0.15) is 0 Å². The van der Waals surface area contributed by atoms with Crippen LogP contribution < -0.4 is 5.73 Å². The minimum absolute atomic E-state index is 0.188. The quantitative estimate of drug-likeness (QED) is 0.847. The van der Waals surface area contributed by atoms with Crippen molar-refractivity contribution in [3.05, 3.63) is 18.2 Å². The van der Waals surface area contributed by atoms with Gasteiger partial charge in [0.2, 0.25) is 0 Å². The molecule has 17 heavy (non-hydrogen) atoms. The molecule has 0 saturated heterocycles. The van der Waals surface area contributed by atoms with Gasteiger partial charge in [0.15, 0.2) is 0 Å². The Balaban J connectivity index is 2.65. The van der Waals surface area contributed by atoms with Crippen LogP contribution >= 0.6 is 0 Å². The summed E-state index contributed by atoms with van der Waals surface area (Å²) in [6.45, 7) is 7.61. The van der Waals surface area contributed by atoms with E-state index in [1.54, 1.807) is 6.20 Å². The van der Waals surface area contributed by atoms with Gasteiger partial charge in [0.05, 0.1) is 0 Å². The van der Waals surface area contributed by atoms with E-state index in [2.05, 4.69) is 4.98 Å². The first-order valence-corrected chi connectivity index (χ1v) is 5.94. The molecular weight excluding hydrogens is 214 g/mol. The minimum atomic E-state index is -0.516. The largest absolute Gasteiger partial charge is 0.338 e. The molecular formula is C13H23N3O. The lowest BCUT2D eigenvalue weighted by atomic mass is 9.71. The molecule has 2 N–H and O–H groups in total. The number of rotatable bonds is 5. The topological polar surface area (TPSA) is 60.9 Å². The van der Waals surface area contributed by atoms with Crippen LogP contribution in [0.4, 0.5) is 0 Å². The summed E-state index contributed by atoms with van der Waals surface area (Å²) in [7, 11) is 1.94. The molecule has 0 fully saturated rings. The molecule has 0 radical (unpaired) electrons. The van der Waals surface area contributed by atoms with Crippen LogP contribution in [0.2, 0.25) is 0 Å². The van der Waals surface area contributed by atoms with Crippen molar-refractivity contribution >= 4 is 5.78 Å². The third kappa shape index (κ3) is 2.94. The molecule has 4 heteroatoms. The fourth-order valence-corrected chi connectivity index (χ4v) is 1.53. The number of nitrogens with zero attached hydrogens (tertiary/aromatic N) is 2. The molecule has 1 rings (SSSR count). The number of carbonyl (C=O) groups excluding carboxylic acids is 1. The third-order valence-corrected chi connectivity index (χ3v) is 3.80. The lowest BCUT2D eigenvalue weighted by Gasteiger charge is -2.37. The van der Waals surface area contributed by atoms with E-state index in [0.29, 0.717) is 12.8 Å². The summed E-state index contributed by atoms with van der Waals surface area (Å²) in [5, 5.41) is 0. The Bertz CT molecular complexity index is 399. The predicted octanol–water partition coefficient (Wildman–Crippen LogP) is 1.69. The number of nitrogens with two attached hydrogens (primary N) is 1. The molecule has 0 bridgehead atoms. The monoisotopic (exact) mass is 237 g/mol. The Kier molecular flexibility index (Phi) is 3.77. The molecule has 0 aliphatic carbocycles. The summed E-state index contributed by atoms with van der Waals surface area (Å²) in [5.74, 6) is 1.12. The number of imidazole rings is 1. The summed E-state index contributed by atoms with van der Waals surface area (Å²) in [6.07, 6.45) is 4.79. The van der Waals surface area contributed by atoms with Crippen LogP contribution in [-0.2, 0) is 18.3 Å². The van der Waals surface area contributed by atoms with Gasteiger partial charge >= 0.3 is 0 Å². The van der Waals surface area contributed by atoms with Gasteiger partial charge < -0.3 is 10.3 Å². The van der Waals surface area contributed by atoms with E-state index in [0.717, 1.165) is 5.82 Å². The standard InChI is InChI=1S/C13H23N3O/c1-12(2,13(3,4)14)10(17)6-7-11-15-8-9-16(11)5/h8-9H,6-7,14H2,1-5H3. The molecule has 0 amide bonds. The first-order valence-electron chi connectivity index (χ1n) is 5.94. The number of ketones is 1. The molecule has 0 atom stereocenters. The van der Waals surface area contributed by atoms with Gasteiger partial charge in [-0.05, 0) is 13.8 Å². The fraction of sp³-hybridized carbons (Fsp3) is 0.692. The average molecular weight is 237 g/mol. The average Bonchev–Trinajstić information content (AvgIpc) is 2.58. The lowest BCUT2D eigenvalue weighted by molar-refractivity contribution is -0.129. The van der Waals surface area contributed by atoms with Crippen LogP contribution in [0.3, 0.4) is 0 Å². The zero-order valence-electron chi connectivity index (χ0n) is 11.4. The normalized spacial score (nSPS) is 12.8. The Morgan fingerprint density at radius 2 is 2.00 bits per heavy atom. The van der Waals surface area contributed by atoms with Crippen LogP contribution in [-0.4, -0.2) is 20.9 Å². The fourth-order valence-electron chi connectivity index (χ4n) is 1.53. The van der Waals surface area contributed by atoms with Crippen molar-refractivity contribution in [2.75, 3.05) is 0 Å². The van der Waals surface area contributed by atoms with Crippen molar-refractivity contribution in [3.8, 4) is 0 Å². The molecule has 0 spiro atoms. The van der Waals surface area contributed by atoms with Gasteiger partial charge in [0.25, 0.3) is 0 Å². The summed E-state index contributed by atoms with van der Waals surface area (Å²) in [6, 6.07) is 0. The lowest BCUT2D eigenvalue weighted by Crippen LogP contribution is -2.51. The molecule has 1 aromatic rings. The smallest absolute Gasteiger partial charge is 0.140 e.